The fraction of sp³-hybridized carbons (Fsp3) is 0.550. The number of halogens is 1. The predicted octanol–water partition coefficient (Wildman–Crippen LogP) is 3.83. The monoisotopic (exact) mass is 388 g/mol. The van der Waals surface area contributed by atoms with Gasteiger partial charge < -0.3 is 9.84 Å². The maximum Gasteiger partial charge on any atom is 0.244 e. The van der Waals surface area contributed by atoms with Crippen molar-refractivity contribution in [1.82, 2.24) is 20.4 Å². The van der Waals surface area contributed by atoms with Gasteiger partial charge in [0, 0.05) is 29.1 Å². The summed E-state index contributed by atoms with van der Waals surface area (Å²) in [6.45, 7) is 0.793. The minimum Gasteiger partial charge on any atom is -0.352 e. The van der Waals surface area contributed by atoms with Crippen LogP contribution in [-0.4, -0.2) is 40.6 Å². The van der Waals surface area contributed by atoms with Gasteiger partial charge in [-0.05, 0) is 50.6 Å². The van der Waals surface area contributed by atoms with Crippen molar-refractivity contribution < 1.29 is 9.32 Å². The number of nitrogens with one attached hydrogen (secondary N) is 1. The van der Waals surface area contributed by atoms with Crippen LogP contribution in [0.25, 0.3) is 11.4 Å². The van der Waals surface area contributed by atoms with E-state index in [2.05, 4.69) is 20.4 Å². The summed E-state index contributed by atoms with van der Waals surface area (Å²) in [7, 11) is 2.03. The van der Waals surface area contributed by atoms with E-state index in [-0.39, 0.29) is 23.9 Å². The minimum atomic E-state index is 0.0233. The second-order valence-corrected chi connectivity index (χ2v) is 8.13. The fourth-order valence-electron chi connectivity index (χ4n) is 4.16. The third-order valence-corrected chi connectivity index (χ3v) is 5.95. The van der Waals surface area contributed by atoms with Crippen molar-refractivity contribution in [2.24, 2.45) is 5.92 Å². The number of benzene rings is 1. The van der Waals surface area contributed by atoms with E-state index < -0.39 is 0 Å². The maximum atomic E-state index is 12.5. The van der Waals surface area contributed by atoms with Gasteiger partial charge in [-0.25, -0.2) is 0 Å². The zero-order valence-electron chi connectivity index (χ0n) is 15.5. The molecule has 1 aliphatic carbocycles. The molecule has 1 aromatic carbocycles. The lowest BCUT2D eigenvalue weighted by Gasteiger charge is -2.22. The first kappa shape index (κ1) is 18.4. The molecule has 1 amide bonds. The SMILES string of the molecule is CN1C[C@@H](NC(=O)C2CCCCC2)C[C@H]1c1nc(-c2ccc(Cl)cc2)no1. The normalized spacial score (nSPS) is 24.2. The largest absolute Gasteiger partial charge is 0.352 e. The van der Waals surface area contributed by atoms with Crippen LogP contribution < -0.4 is 5.32 Å². The summed E-state index contributed by atoms with van der Waals surface area (Å²) in [6.07, 6.45) is 6.42. The zero-order valence-corrected chi connectivity index (χ0v) is 16.3. The van der Waals surface area contributed by atoms with Crippen LogP contribution in [0.15, 0.2) is 28.8 Å². The average Bonchev–Trinajstić information content (AvgIpc) is 3.30. The molecule has 2 aliphatic rings. The van der Waals surface area contributed by atoms with E-state index in [1.54, 1.807) is 0 Å². The van der Waals surface area contributed by atoms with Crippen molar-refractivity contribution in [3.63, 3.8) is 0 Å². The van der Waals surface area contributed by atoms with Gasteiger partial charge >= 0.3 is 0 Å². The number of amides is 1. The Hall–Kier alpha value is -1.92. The van der Waals surface area contributed by atoms with Gasteiger partial charge in [-0.1, -0.05) is 36.0 Å². The summed E-state index contributed by atoms with van der Waals surface area (Å²) >= 11 is 5.94. The van der Waals surface area contributed by atoms with Crippen molar-refractivity contribution in [3.05, 3.63) is 35.2 Å². The molecule has 2 atom stereocenters. The Bertz CT molecular complexity index is 786. The van der Waals surface area contributed by atoms with E-state index in [0.717, 1.165) is 31.4 Å². The highest BCUT2D eigenvalue weighted by molar-refractivity contribution is 6.30. The third-order valence-electron chi connectivity index (χ3n) is 5.70. The van der Waals surface area contributed by atoms with Gasteiger partial charge in [0.15, 0.2) is 0 Å². The lowest BCUT2D eigenvalue weighted by Crippen LogP contribution is -2.40. The van der Waals surface area contributed by atoms with E-state index in [1.165, 1.54) is 19.3 Å². The van der Waals surface area contributed by atoms with Crippen molar-refractivity contribution in [2.45, 2.75) is 50.6 Å². The van der Waals surface area contributed by atoms with Crippen molar-refractivity contribution >= 4 is 17.5 Å². The molecule has 27 heavy (non-hydrogen) atoms. The van der Waals surface area contributed by atoms with Crippen LogP contribution in [0.2, 0.25) is 5.02 Å². The number of carbonyl (C=O) groups is 1. The molecular weight excluding hydrogens is 364 g/mol. The first-order valence-corrected chi connectivity index (χ1v) is 10.1. The number of rotatable bonds is 4. The number of likely N-dealkylation sites (N-methyl/N-ethyl adjacent to an activating group) is 1. The molecule has 0 bridgehead atoms. The third kappa shape index (κ3) is 4.17. The van der Waals surface area contributed by atoms with Crippen molar-refractivity contribution in [3.8, 4) is 11.4 Å². The first-order valence-electron chi connectivity index (χ1n) is 9.70. The minimum absolute atomic E-state index is 0.0233. The summed E-state index contributed by atoms with van der Waals surface area (Å²) in [5.41, 5.74) is 0.872. The number of aromatic nitrogens is 2. The molecule has 7 heteroatoms. The molecule has 0 unspecified atom stereocenters. The average molecular weight is 389 g/mol. The summed E-state index contributed by atoms with van der Waals surface area (Å²) < 4.78 is 5.52. The zero-order chi connectivity index (χ0) is 18.8. The second-order valence-electron chi connectivity index (χ2n) is 7.69. The molecule has 1 saturated heterocycles. The molecule has 1 saturated carbocycles. The Labute approximate surface area is 164 Å². The van der Waals surface area contributed by atoms with E-state index in [1.807, 2.05) is 31.3 Å². The van der Waals surface area contributed by atoms with E-state index in [0.29, 0.717) is 16.7 Å². The van der Waals surface area contributed by atoms with E-state index in [4.69, 9.17) is 16.1 Å². The Balaban J connectivity index is 1.40. The molecule has 6 nitrogen and oxygen atoms in total. The molecule has 2 fully saturated rings. The van der Waals surface area contributed by atoms with Crippen LogP contribution in [0.4, 0.5) is 0 Å². The maximum absolute atomic E-state index is 12.5. The lowest BCUT2D eigenvalue weighted by atomic mass is 9.88. The molecule has 1 aliphatic heterocycles. The highest BCUT2D eigenvalue weighted by Crippen LogP contribution is 2.32. The van der Waals surface area contributed by atoms with Crippen LogP contribution in [0.1, 0.15) is 50.5 Å². The lowest BCUT2D eigenvalue weighted by molar-refractivity contribution is -0.126. The Kier molecular flexibility index (Phi) is 5.45. The molecule has 144 valence electrons. The number of likely N-dealkylation sites (tertiary alicyclic amines) is 1. The topological polar surface area (TPSA) is 71.3 Å². The van der Waals surface area contributed by atoms with Gasteiger partial charge in [0.1, 0.15) is 0 Å². The van der Waals surface area contributed by atoms with Crippen LogP contribution in [0, 0.1) is 5.92 Å². The Morgan fingerprint density at radius 1 is 1.22 bits per heavy atom. The predicted molar refractivity (Wildman–Crippen MR) is 103 cm³/mol. The van der Waals surface area contributed by atoms with Crippen LogP contribution >= 0.6 is 11.6 Å². The summed E-state index contributed by atoms with van der Waals surface area (Å²) in [4.78, 5) is 19.3. The quantitative estimate of drug-likeness (QED) is 0.861. The summed E-state index contributed by atoms with van der Waals surface area (Å²) in [6, 6.07) is 7.53. The molecule has 1 N–H and O–H groups in total. The molecule has 2 heterocycles. The number of nitrogens with zero attached hydrogens (tertiary/aromatic N) is 3. The molecule has 0 spiro atoms. The van der Waals surface area contributed by atoms with Gasteiger partial charge in [0.05, 0.1) is 6.04 Å². The smallest absolute Gasteiger partial charge is 0.244 e. The Morgan fingerprint density at radius 3 is 2.70 bits per heavy atom. The molecule has 2 aromatic rings. The van der Waals surface area contributed by atoms with Gasteiger partial charge in [-0.2, -0.15) is 4.98 Å². The highest BCUT2D eigenvalue weighted by Gasteiger charge is 2.36. The number of hydrogen-bond donors (Lipinski definition) is 1. The second kappa shape index (κ2) is 7.98. The molecule has 0 radical (unpaired) electrons. The molecular formula is C20H25ClN4O2. The van der Waals surface area contributed by atoms with E-state index in [9.17, 15) is 4.79 Å². The van der Waals surface area contributed by atoms with Gasteiger partial charge in [0.25, 0.3) is 0 Å². The number of hydrogen-bond acceptors (Lipinski definition) is 5. The van der Waals surface area contributed by atoms with E-state index >= 15 is 0 Å². The van der Waals surface area contributed by atoms with Crippen LogP contribution in [-0.2, 0) is 4.79 Å². The number of carbonyl (C=O) groups excluding carboxylic acids is 1. The van der Waals surface area contributed by atoms with Gasteiger partial charge in [-0.15, -0.1) is 0 Å². The Morgan fingerprint density at radius 2 is 1.96 bits per heavy atom. The fourth-order valence-corrected chi connectivity index (χ4v) is 4.29. The highest BCUT2D eigenvalue weighted by atomic mass is 35.5. The van der Waals surface area contributed by atoms with Gasteiger partial charge in [-0.3, -0.25) is 9.69 Å². The molecule has 4 rings (SSSR count). The van der Waals surface area contributed by atoms with Gasteiger partial charge in [0.2, 0.25) is 17.6 Å². The first-order chi connectivity index (χ1) is 13.1. The van der Waals surface area contributed by atoms with Crippen molar-refractivity contribution in [1.29, 1.82) is 0 Å². The molecule has 1 aromatic heterocycles. The summed E-state index contributed by atoms with van der Waals surface area (Å²) in [5.74, 6) is 1.55. The summed E-state index contributed by atoms with van der Waals surface area (Å²) in [5, 5.41) is 8.03. The van der Waals surface area contributed by atoms with Crippen LogP contribution in [0.5, 0.6) is 0 Å². The van der Waals surface area contributed by atoms with Crippen LogP contribution in [0.3, 0.4) is 0 Å². The van der Waals surface area contributed by atoms with Crippen molar-refractivity contribution in [2.75, 3.05) is 13.6 Å². The standard InChI is InChI=1S/C20H25ClN4O2/c1-25-12-16(22-19(26)14-5-3-2-4-6-14)11-17(25)20-23-18(24-27-20)13-7-9-15(21)10-8-13/h7-10,14,16-17H,2-6,11-12H2,1H3,(H,22,26)/t16-,17-/m0/s1.